The number of nitrogens with zero attached hydrogens (tertiary/aromatic N) is 1. The first kappa shape index (κ1) is 11.8. The molecule has 0 saturated carbocycles. The zero-order chi connectivity index (χ0) is 8.85. The van der Waals surface area contributed by atoms with Crippen molar-refractivity contribution < 1.29 is 4.79 Å². The molecular weight excluding hydrogens is 294 g/mol. The monoisotopic (exact) mass is 303 g/mol. The van der Waals surface area contributed by atoms with E-state index in [0.717, 1.165) is 11.5 Å². The Morgan fingerprint density at radius 2 is 1.91 bits per heavy atom. The largest absolute Gasteiger partial charge is 0.276 e. The van der Waals surface area contributed by atoms with E-state index in [2.05, 4.69) is 36.2 Å². The number of alkyl halides is 2. The Morgan fingerprint density at radius 1 is 1.45 bits per heavy atom. The van der Waals surface area contributed by atoms with E-state index in [-0.39, 0.29) is 20.3 Å². The molecule has 66 valence electrons. The summed E-state index contributed by atoms with van der Waals surface area (Å²) in [6, 6.07) is 0. The van der Waals surface area contributed by atoms with Crippen LogP contribution < -0.4 is 0 Å². The molecule has 0 aliphatic heterocycles. The fourth-order valence-corrected chi connectivity index (χ4v) is 2.00. The first-order chi connectivity index (χ1) is 5.11. The lowest BCUT2D eigenvalue weighted by molar-refractivity contribution is -0.115. The number of halogens is 2. The van der Waals surface area contributed by atoms with Gasteiger partial charge in [0.25, 0.3) is 5.91 Å². The van der Waals surface area contributed by atoms with Crippen LogP contribution in [0.25, 0.3) is 0 Å². The Bertz CT molecular complexity index is 164. The minimum absolute atomic E-state index is 0.0736. The lowest BCUT2D eigenvalue weighted by atomic mass is 10.8. The molecule has 0 aromatic heterocycles. The van der Waals surface area contributed by atoms with Gasteiger partial charge >= 0.3 is 0 Å². The van der Waals surface area contributed by atoms with Gasteiger partial charge in [-0.2, -0.15) is 4.36 Å². The van der Waals surface area contributed by atoms with Crippen LogP contribution in [-0.2, 0) is 15.5 Å². The Balaban J connectivity index is 4.15. The van der Waals surface area contributed by atoms with Crippen molar-refractivity contribution in [3.63, 3.8) is 0 Å². The number of rotatable bonds is 3. The average molecular weight is 305 g/mol. The molecule has 5 heteroatoms. The second-order valence-corrected chi connectivity index (χ2v) is 7.09. The molecular formula is C6H11Br2NOS. The minimum atomic E-state index is -0.317. The van der Waals surface area contributed by atoms with Gasteiger partial charge in [0.2, 0.25) is 0 Å². The van der Waals surface area contributed by atoms with E-state index in [1.165, 1.54) is 0 Å². The van der Waals surface area contributed by atoms with Crippen molar-refractivity contribution in [2.75, 3.05) is 11.5 Å². The predicted molar refractivity (Wildman–Crippen MR) is 57.5 cm³/mol. The molecule has 0 N–H and O–H groups in total. The molecule has 0 saturated heterocycles. The normalized spacial score (nSPS) is 10.7. The van der Waals surface area contributed by atoms with E-state index in [1.807, 2.05) is 13.8 Å². The molecule has 0 aromatic rings. The molecule has 0 fully saturated rings. The van der Waals surface area contributed by atoms with Crippen LogP contribution in [0.4, 0.5) is 0 Å². The maximum atomic E-state index is 11.0. The third-order valence-electron chi connectivity index (χ3n) is 1.07. The summed E-state index contributed by atoms with van der Waals surface area (Å²) in [7, 11) is -0.0736. The fourth-order valence-electron chi connectivity index (χ4n) is 0.500. The zero-order valence-corrected chi connectivity index (χ0v) is 10.5. The van der Waals surface area contributed by atoms with Gasteiger partial charge in [-0.3, -0.25) is 4.79 Å². The number of hydrogen-bond acceptors (Lipinski definition) is 1. The second-order valence-electron chi connectivity index (χ2n) is 1.77. The van der Waals surface area contributed by atoms with Crippen molar-refractivity contribution >= 4 is 48.5 Å². The Morgan fingerprint density at radius 3 is 2.18 bits per heavy atom. The number of carbonyl (C=O) groups is 1. The van der Waals surface area contributed by atoms with Crippen molar-refractivity contribution in [2.45, 2.75) is 17.6 Å². The summed E-state index contributed by atoms with van der Waals surface area (Å²) in [5, 5.41) is 0. The van der Waals surface area contributed by atoms with E-state index >= 15 is 0 Å². The second kappa shape index (κ2) is 6.31. The summed E-state index contributed by atoms with van der Waals surface area (Å²) in [6.45, 7) is 4.09. The van der Waals surface area contributed by atoms with Gasteiger partial charge in [-0.25, -0.2) is 0 Å². The molecule has 0 bridgehead atoms. The van der Waals surface area contributed by atoms with Crippen LogP contribution in [0.2, 0.25) is 0 Å². The summed E-state index contributed by atoms with van der Waals surface area (Å²) >= 11 is 6.21. The molecule has 0 rings (SSSR count). The standard InChI is InChI=1S/C6H11Br2NOS/c1-3-11(4-2)9-6(10)5(7)8/h5H,3-4H2,1-2H3. The maximum absolute atomic E-state index is 11.0. The van der Waals surface area contributed by atoms with Crippen molar-refractivity contribution in [1.82, 2.24) is 0 Å². The van der Waals surface area contributed by atoms with Crippen LogP contribution in [0.3, 0.4) is 0 Å². The molecule has 0 atom stereocenters. The third-order valence-corrected chi connectivity index (χ3v) is 3.63. The van der Waals surface area contributed by atoms with Crippen LogP contribution in [0.15, 0.2) is 4.36 Å². The third kappa shape index (κ3) is 5.09. The molecule has 0 spiro atoms. The maximum Gasteiger partial charge on any atom is 0.276 e. The van der Waals surface area contributed by atoms with E-state index < -0.39 is 0 Å². The Labute approximate surface area is 86.5 Å². The first-order valence-corrected chi connectivity index (χ1v) is 6.68. The van der Waals surface area contributed by atoms with Crippen LogP contribution in [0.1, 0.15) is 13.8 Å². The highest BCUT2D eigenvalue weighted by molar-refractivity contribution is 9.25. The lowest BCUT2D eigenvalue weighted by Crippen LogP contribution is -2.07. The van der Waals surface area contributed by atoms with Gasteiger partial charge in [-0.05, 0) is 0 Å². The number of carbonyl (C=O) groups excluding carboxylic acids is 1. The molecule has 2 nitrogen and oxygen atoms in total. The highest BCUT2D eigenvalue weighted by Crippen LogP contribution is 2.10. The molecule has 0 aromatic carbocycles. The highest BCUT2D eigenvalue weighted by Gasteiger charge is 2.08. The lowest BCUT2D eigenvalue weighted by Gasteiger charge is -2.00. The van der Waals surface area contributed by atoms with Crippen molar-refractivity contribution in [3.8, 4) is 0 Å². The summed E-state index contributed by atoms with van der Waals surface area (Å²) < 4.78 is 3.69. The van der Waals surface area contributed by atoms with Crippen molar-refractivity contribution in [2.24, 2.45) is 4.36 Å². The van der Waals surface area contributed by atoms with Gasteiger partial charge in [0.15, 0.2) is 3.74 Å². The molecule has 0 aliphatic rings. The van der Waals surface area contributed by atoms with Crippen molar-refractivity contribution in [3.05, 3.63) is 0 Å². The van der Waals surface area contributed by atoms with E-state index in [1.54, 1.807) is 0 Å². The Hall–Kier alpha value is 0.780. The molecule has 0 heterocycles. The van der Waals surface area contributed by atoms with Gasteiger partial charge in [-0.1, -0.05) is 56.4 Å². The quantitative estimate of drug-likeness (QED) is 0.737. The van der Waals surface area contributed by atoms with Crippen LogP contribution in [-0.4, -0.2) is 21.1 Å². The zero-order valence-electron chi connectivity index (χ0n) is 6.51. The molecule has 11 heavy (non-hydrogen) atoms. The summed E-state index contributed by atoms with van der Waals surface area (Å²) in [4.78, 5) is 11.0. The molecule has 0 aliphatic carbocycles. The smallest absolute Gasteiger partial charge is 0.270 e. The predicted octanol–water partition coefficient (Wildman–Crippen LogP) is 2.47. The topological polar surface area (TPSA) is 29.4 Å². The van der Waals surface area contributed by atoms with Gasteiger partial charge in [0.1, 0.15) is 0 Å². The number of hydrogen-bond donors (Lipinski definition) is 0. The average Bonchev–Trinajstić information content (AvgIpc) is 1.99. The number of amides is 1. The summed E-state index contributed by atoms with van der Waals surface area (Å²) in [5.74, 6) is 1.79. The van der Waals surface area contributed by atoms with Gasteiger partial charge in [0.05, 0.1) is 0 Å². The minimum Gasteiger partial charge on any atom is -0.270 e. The van der Waals surface area contributed by atoms with Crippen LogP contribution >= 0.6 is 31.9 Å². The summed E-state index contributed by atoms with van der Waals surface area (Å²) in [6.07, 6.45) is 0. The fraction of sp³-hybridized carbons (Fsp3) is 0.833. The SMILES string of the molecule is CCS(CC)=NC(=O)C(Br)Br. The van der Waals surface area contributed by atoms with E-state index in [4.69, 9.17) is 0 Å². The van der Waals surface area contributed by atoms with Gasteiger partial charge in [0, 0.05) is 11.5 Å². The van der Waals surface area contributed by atoms with Gasteiger partial charge in [-0.15, -0.1) is 0 Å². The summed E-state index contributed by atoms with van der Waals surface area (Å²) in [5.41, 5.74) is 0. The van der Waals surface area contributed by atoms with E-state index in [9.17, 15) is 4.79 Å². The molecule has 0 unspecified atom stereocenters. The van der Waals surface area contributed by atoms with Crippen LogP contribution in [0, 0.1) is 0 Å². The highest BCUT2D eigenvalue weighted by atomic mass is 79.9. The van der Waals surface area contributed by atoms with Crippen LogP contribution in [0.5, 0.6) is 0 Å². The van der Waals surface area contributed by atoms with Crippen molar-refractivity contribution in [1.29, 1.82) is 0 Å². The first-order valence-electron chi connectivity index (χ1n) is 3.33. The molecule has 1 amide bonds. The Kier molecular flexibility index (Phi) is 6.76. The van der Waals surface area contributed by atoms with Gasteiger partial charge < -0.3 is 0 Å². The van der Waals surface area contributed by atoms with E-state index in [0.29, 0.717) is 0 Å². The molecule has 0 radical (unpaired) electrons.